The van der Waals surface area contributed by atoms with E-state index in [-0.39, 0.29) is 16.7 Å². The van der Waals surface area contributed by atoms with Crippen LogP contribution < -0.4 is 0 Å². The highest BCUT2D eigenvalue weighted by Crippen LogP contribution is 2.19. The van der Waals surface area contributed by atoms with E-state index in [1.807, 2.05) is 30.3 Å². The smallest absolute Gasteiger partial charge is 0.212 e. The van der Waals surface area contributed by atoms with E-state index in [1.165, 1.54) is 10.5 Å². The summed E-state index contributed by atoms with van der Waals surface area (Å²) >= 11 is 0. The maximum Gasteiger partial charge on any atom is 0.212 e. The van der Waals surface area contributed by atoms with E-state index in [4.69, 9.17) is 0 Å². The molecular formula is C18H21OS+. The van der Waals surface area contributed by atoms with Crippen LogP contribution >= 0.6 is 0 Å². The standard InChI is InChI=1S/C18H21OS/c1-14(2)15-9-11-17(12-10-15)20(3)13-18(19)16-7-5-4-6-8-16/h4-12,14H,13H2,1-3H3/q+1. The summed E-state index contributed by atoms with van der Waals surface area (Å²) < 4.78 is 0. The first-order chi connectivity index (χ1) is 9.58. The number of hydrogen-bond donors (Lipinski definition) is 0. The highest BCUT2D eigenvalue weighted by Gasteiger charge is 2.21. The van der Waals surface area contributed by atoms with Crippen molar-refractivity contribution in [3.05, 3.63) is 65.7 Å². The van der Waals surface area contributed by atoms with Crippen LogP contribution in [0, 0.1) is 0 Å². The Hall–Kier alpha value is -1.54. The van der Waals surface area contributed by atoms with Gasteiger partial charge in [-0.25, -0.2) is 0 Å². The third-order valence-corrected chi connectivity index (χ3v) is 5.16. The predicted octanol–water partition coefficient (Wildman–Crippen LogP) is 4.30. The van der Waals surface area contributed by atoms with Crippen LogP contribution in [0.1, 0.15) is 35.7 Å². The van der Waals surface area contributed by atoms with Gasteiger partial charge in [0.25, 0.3) is 0 Å². The van der Waals surface area contributed by atoms with Gasteiger partial charge in [0, 0.05) is 16.5 Å². The van der Waals surface area contributed by atoms with Crippen LogP contribution in [0.3, 0.4) is 0 Å². The van der Waals surface area contributed by atoms with Gasteiger partial charge >= 0.3 is 0 Å². The van der Waals surface area contributed by atoms with Crippen LogP contribution in [-0.2, 0) is 10.9 Å². The van der Waals surface area contributed by atoms with Crippen molar-refractivity contribution in [2.24, 2.45) is 0 Å². The zero-order valence-electron chi connectivity index (χ0n) is 12.3. The van der Waals surface area contributed by atoms with Crippen molar-refractivity contribution in [2.75, 3.05) is 12.0 Å². The molecule has 0 saturated carbocycles. The number of ketones is 1. The molecule has 104 valence electrons. The minimum Gasteiger partial charge on any atom is -0.289 e. The topological polar surface area (TPSA) is 17.1 Å². The summed E-state index contributed by atoms with van der Waals surface area (Å²) in [4.78, 5) is 13.5. The minimum atomic E-state index is -0.0350. The Balaban J connectivity index is 2.04. The quantitative estimate of drug-likeness (QED) is 0.591. The molecule has 1 nitrogen and oxygen atoms in total. The van der Waals surface area contributed by atoms with Crippen molar-refractivity contribution in [1.82, 2.24) is 0 Å². The molecule has 0 heterocycles. The van der Waals surface area contributed by atoms with Gasteiger partial charge in [-0.3, -0.25) is 4.79 Å². The SMILES string of the molecule is CC(C)c1ccc([S+](C)CC(=O)c2ccccc2)cc1. The number of hydrogen-bond acceptors (Lipinski definition) is 1. The third-order valence-electron chi connectivity index (χ3n) is 3.39. The van der Waals surface area contributed by atoms with Crippen LogP contribution in [0.25, 0.3) is 0 Å². The molecule has 0 aromatic heterocycles. The van der Waals surface area contributed by atoms with E-state index >= 15 is 0 Å². The largest absolute Gasteiger partial charge is 0.289 e. The normalized spacial score (nSPS) is 12.4. The van der Waals surface area contributed by atoms with E-state index in [0.717, 1.165) is 5.56 Å². The molecule has 20 heavy (non-hydrogen) atoms. The van der Waals surface area contributed by atoms with Crippen molar-refractivity contribution in [1.29, 1.82) is 0 Å². The molecule has 0 spiro atoms. The highest BCUT2D eigenvalue weighted by molar-refractivity contribution is 7.96. The predicted molar refractivity (Wildman–Crippen MR) is 87.7 cm³/mol. The first kappa shape index (κ1) is 14.9. The second-order valence-corrected chi connectivity index (χ2v) is 7.33. The van der Waals surface area contributed by atoms with Crippen LogP contribution in [-0.4, -0.2) is 17.8 Å². The Morgan fingerprint density at radius 3 is 2.15 bits per heavy atom. The molecule has 2 rings (SSSR count). The molecule has 0 bridgehead atoms. The van der Waals surface area contributed by atoms with Gasteiger partial charge in [-0.05, 0) is 23.6 Å². The monoisotopic (exact) mass is 285 g/mol. The number of carbonyl (C=O) groups excluding carboxylic acids is 1. The van der Waals surface area contributed by atoms with Crippen LogP contribution in [0.15, 0.2) is 59.5 Å². The van der Waals surface area contributed by atoms with Gasteiger partial charge in [0.1, 0.15) is 6.26 Å². The van der Waals surface area contributed by atoms with Gasteiger partial charge in [-0.15, -0.1) is 0 Å². The summed E-state index contributed by atoms with van der Waals surface area (Å²) in [6.45, 7) is 4.39. The molecule has 0 amide bonds. The van der Waals surface area contributed by atoms with E-state index < -0.39 is 0 Å². The molecule has 2 aromatic rings. The molecular weight excluding hydrogens is 264 g/mol. The fourth-order valence-electron chi connectivity index (χ4n) is 2.07. The van der Waals surface area contributed by atoms with E-state index in [0.29, 0.717) is 11.7 Å². The van der Waals surface area contributed by atoms with Gasteiger partial charge < -0.3 is 0 Å². The molecule has 0 radical (unpaired) electrons. The Labute approximate surface area is 124 Å². The molecule has 0 saturated heterocycles. The van der Waals surface area contributed by atoms with Crippen molar-refractivity contribution in [3.8, 4) is 0 Å². The Morgan fingerprint density at radius 2 is 1.60 bits per heavy atom. The molecule has 1 unspecified atom stereocenters. The van der Waals surface area contributed by atoms with Crippen molar-refractivity contribution in [3.63, 3.8) is 0 Å². The molecule has 0 aliphatic rings. The maximum absolute atomic E-state index is 12.2. The van der Waals surface area contributed by atoms with Crippen LogP contribution in [0.2, 0.25) is 0 Å². The Morgan fingerprint density at radius 1 is 1.00 bits per heavy atom. The summed E-state index contributed by atoms with van der Waals surface area (Å²) in [7, 11) is -0.0350. The van der Waals surface area contributed by atoms with Crippen molar-refractivity contribution >= 4 is 16.7 Å². The summed E-state index contributed by atoms with van der Waals surface area (Å²) in [5, 5.41) is 0. The summed E-state index contributed by atoms with van der Waals surface area (Å²) in [5.74, 6) is 1.36. The maximum atomic E-state index is 12.2. The molecule has 0 fully saturated rings. The summed E-state index contributed by atoms with van der Waals surface area (Å²) in [6, 6.07) is 18.2. The van der Waals surface area contributed by atoms with Crippen molar-refractivity contribution < 1.29 is 4.79 Å². The molecule has 2 aromatic carbocycles. The molecule has 0 aliphatic carbocycles. The first-order valence-electron chi connectivity index (χ1n) is 6.88. The van der Waals surface area contributed by atoms with E-state index in [2.05, 4.69) is 44.4 Å². The molecule has 0 N–H and O–H groups in total. The van der Waals surface area contributed by atoms with Gasteiger partial charge in [0.15, 0.2) is 10.6 Å². The number of Topliss-reactive ketones (excluding diaryl/α,β-unsaturated/α-hetero) is 1. The Kier molecular flexibility index (Phi) is 5.02. The number of carbonyl (C=O) groups is 1. The fourth-order valence-corrected chi connectivity index (χ4v) is 3.40. The number of rotatable bonds is 5. The Bertz CT molecular complexity index is 558. The third kappa shape index (κ3) is 3.73. The summed E-state index contributed by atoms with van der Waals surface area (Å²) in [6.07, 6.45) is 2.14. The fraction of sp³-hybridized carbons (Fsp3) is 0.278. The zero-order valence-corrected chi connectivity index (χ0v) is 13.1. The van der Waals surface area contributed by atoms with Crippen molar-refractivity contribution in [2.45, 2.75) is 24.7 Å². The van der Waals surface area contributed by atoms with Crippen LogP contribution in [0.5, 0.6) is 0 Å². The average Bonchev–Trinajstić information content (AvgIpc) is 2.48. The lowest BCUT2D eigenvalue weighted by Crippen LogP contribution is -2.15. The second kappa shape index (κ2) is 6.76. The average molecular weight is 285 g/mol. The zero-order chi connectivity index (χ0) is 14.5. The lowest BCUT2D eigenvalue weighted by atomic mass is 10.0. The van der Waals surface area contributed by atoms with Gasteiger partial charge in [-0.2, -0.15) is 0 Å². The van der Waals surface area contributed by atoms with E-state index in [9.17, 15) is 4.79 Å². The summed E-state index contributed by atoms with van der Waals surface area (Å²) in [5.41, 5.74) is 2.16. The molecule has 2 heteroatoms. The van der Waals surface area contributed by atoms with E-state index in [1.54, 1.807) is 0 Å². The lowest BCUT2D eigenvalue weighted by Gasteiger charge is -2.06. The second-order valence-electron chi connectivity index (χ2n) is 5.29. The number of benzene rings is 2. The minimum absolute atomic E-state index is 0.0350. The van der Waals surface area contributed by atoms with Gasteiger partial charge in [0.2, 0.25) is 5.78 Å². The van der Waals surface area contributed by atoms with Gasteiger partial charge in [-0.1, -0.05) is 56.3 Å². The molecule has 1 atom stereocenters. The van der Waals surface area contributed by atoms with Crippen LogP contribution in [0.4, 0.5) is 0 Å². The van der Waals surface area contributed by atoms with Gasteiger partial charge in [0.05, 0.1) is 0 Å². The molecule has 0 aliphatic heterocycles. The highest BCUT2D eigenvalue weighted by atomic mass is 32.2. The first-order valence-corrected chi connectivity index (χ1v) is 8.69. The lowest BCUT2D eigenvalue weighted by molar-refractivity contribution is 0.102.